The quantitative estimate of drug-likeness (QED) is 0.125. The Balaban J connectivity index is 0.00000562. The van der Waals surface area contributed by atoms with Crippen LogP contribution < -0.4 is 34.5 Å². The molecule has 0 saturated carbocycles. The van der Waals surface area contributed by atoms with Gasteiger partial charge >= 0.3 is 29.6 Å². The van der Waals surface area contributed by atoms with E-state index in [4.69, 9.17) is 11.6 Å². The summed E-state index contributed by atoms with van der Waals surface area (Å²) in [5, 5.41) is 0.751. The molecule has 12 heteroatoms. The van der Waals surface area contributed by atoms with Crippen molar-refractivity contribution >= 4 is 48.9 Å². The van der Waals surface area contributed by atoms with Gasteiger partial charge in [-0.1, -0.05) is 74.0 Å². The molecule has 0 aromatic heterocycles. The van der Waals surface area contributed by atoms with Crippen molar-refractivity contribution in [1.29, 1.82) is 0 Å². The van der Waals surface area contributed by atoms with Crippen LogP contribution in [0.5, 0.6) is 0 Å². The van der Waals surface area contributed by atoms with Crippen molar-refractivity contribution in [1.82, 2.24) is 0 Å². The summed E-state index contributed by atoms with van der Waals surface area (Å²) in [6.07, 6.45) is 13.2. The molecule has 50 heavy (non-hydrogen) atoms. The molecule has 0 atom stereocenters. The number of hydrogen-bond donors (Lipinski definition) is 2. The fraction of sp³-hybridized carbons (Fsp3) is 0.447. The molecule has 8 nitrogen and oxygen atoms in total. The Morgan fingerprint density at radius 3 is 2.10 bits per heavy atom. The first-order valence-corrected chi connectivity index (χ1v) is 20.6. The molecule has 0 unspecified atom stereocenters. The maximum atomic E-state index is 11.3. The van der Waals surface area contributed by atoms with Crippen LogP contribution in [-0.2, 0) is 31.1 Å². The van der Waals surface area contributed by atoms with Crippen molar-refractivity contribution in [3.8, 4) is 0 Å². The van der Waals surface area contributed by atoms with Crippen LogP contribution in [0.25, 0.3) is 0 Å². The molecule has 0 saturated heterocycles. The summed E-state index contributed by atoms with van der Waals surface area (Å²) in [5.41, 5.74) is 8.47. The summed E-state index contributed by atoms with van der Waals surface area (Å²) in [4.78, 5) is 2.26. The van der Waals surface area contributed by atoms with Gasteiger partial charge < -0.3 is 4.90 Å². The second-order valence-electron chi connectivity index (χ2n) is 14.2. The van der Waals surface area contributed by atoms with E-state index in [2.05, 4.69) is 85.7 Å². The number of allylic oxidation sites excluding steroid dienone is 8. The summed E-state index contributed by atoms with van der Waals surface area (Å²) in [6, 6.07) is 16.6. The first-order chi connectivity index (χ1) is 23.0. The van der Waals surface area contributed by atoms with E-state index in [0.717, 1.165) is 58.2 Å². The van der Waals surface area contributed by atoms with Gasteiger partial charge in [-0.3, -0.25) is 9.11 Å². The third kappa shape index (κ3) is 9.31. The number of halogens is 1. The van der Waals surface area contributed by atoms with Crippen molar-refractivity contribution in [3.05, 3.63) is 106 Å². The van der Waals surface area contributed by atoms with Crippen LogP contribution in [0.1, 0.15) is 83.8 Å². The maximum absolute atomic E-state index is 11.3. The zero-order chi connectivity index (χ0) is 35.6. The van der Waals surface area contributed by atoms with E-state index in [1.165, 1.54) is 11.1 Å². The molecule has 5 rings (SSSR count). The minimum absolute atomic E-state index is 0. The molecule has 0 fully saturated rings. The SMILES string of the molecule is CC1(C)C(=CC=C2CCCC(C=CC3=[N+](CCCCS(=O)(=O)O)c4ccccc4C3(C)C)=C2Cl)N(CCCCS(=O)(=O)O)c2ccccc21.[Na+]. The van der Waals surface area contributed by atoms with Gasteiger partial charge in [0.05, 0.1) is 16.9 Å². The Kier molecular flexibility index (Phi) is 13.3. The van der Waals surface area contributed by atoms with E-state index in [1.54, 1.807) is 0 Å². The normalized spacial score (nSPS) is 20.2. The summed E-state index contributed by atoms with van der Waals surface area (Å²) < 4.78 is 65.9. The Morgan fingerprint density at radius 2 is 1.42 bits per heavy atom. The number of rotatable bonds is 13. The van der Waals surface area contributed by atoms with Gasteiger partial charge in [0.1, 0.15) is 6.54 Å². The topological polar surface area (TPSA) is 115 Å². The monoisotopic (exact) mass is 750 g/mol. The molecule has 0 radical (unpaired) electrons. The third-order valence-electron chi connectivity index (χ3n) is 10.0. The Morgan fingerprint density at radius 1 is 0.800 bits per heavy atom. The number of para-hydroxylation sites is 2. The maximum Gasteiger partial charge on any atom is 1.00 e. The molecule has 2 N–H and O–H groups in total. The molecule has 2 aliphatic heterocycles. The predicted molar refractivity (Wildman–Crippen MR) is 199 cm³/mol. The molecule has 2 aromatic carbocycles. The van der Waals surface area contributed by atoms with E-state index in [9.17, 15) is 25.9 Å². The average Bonchev–Trinajstić information content (AvgIpc) is 3.37. The van der Waals surface area contributed by atoms with Crippen molar-refractivity contribution in [2.75, 3.05) is 29.5 Å². The number of fused-ring (bicyclic) bond motifs is 2. The molecule has 0 amide bonds. The van der Waals surface area contributed by atoms with Crippen LogP contribution in [-0.4, -0.2) is 60.8 Å². The van der Waals surface area contributed by atoms with Gasteiger partial charge in [-0.25, -0.2) is 0 Å². The first kappa shape index (κ1) is 40.7. The largest absolute Gasteiger partial charge is 1.00 e. The molecular formula is C38H48ClN2NaO6S2+2. The first-order valence-electron chi connectivity index (χ1n) is 17.0. The minimum atomic E-state index is -4.00. The van der Waals surface area contributed by atoms with Crippen LogP contribution in [0.4, 0.5) is 11.4 Å². The van der Waals surface area contributed by atoms with Crippen LogP contribution in [0.15, 0.2) is 94.7 Å². The number of benzene rings is 2. The molecule has 2 heterocycles. The second kappa shape index (κ2) is 16.3. The van der Waals surface area contributed by atoms with Crippen LogP contribution in [0.3, 0.4) is 0 Å². The van der Waals surface area contributed by atoms with Gasteiger partial charge in [0.2, 0.25) is 5.69 Å². The van der Waals surface area contributed by atoms with Crippen LogP contribution >= 0.6 is 11.6 Å². The zero-order valence-corrected chi connectivity index (χ0v) is 34.2. The van der Waals surface area contributed by atoms with Gasteiger partial charge in [0.25, 0.3) is 20.2 Å². The fourth-order valence-electron chi connectivity index (χ4n) is 7.44. The molecule has 3 aliphatic rings. The van der Waals surface area contributed by atoms with E-state index in [-0.39, 0.29) is 51.9 Å². The van der Waals surface area contributed by atoms with Crippen molar-refractivity contribution < 1.29 is 60.1 Å². The van der Waals surface area contributed by atoms with E-state index in [1.807, 2.05) is 24.3 Å². The Bertz CT molecular complexity index is 1980. The van der Waals surface area contributed by atoms with Gasteiger partial charge in [0, 0.05) is 52.5 Å². The number of nitrogens with zero attached hydrogens (tertiary/aromatic N) is 2. The predicted octanol–water partition coefficient (Wildman–Crippen LogP) is 5.24. The molecule has 2 aromatic rings. The van der Waals surface area contributed by atoms with Crippen molar-refractivity contribution in [3.63, 3.8) is 0 Å². The van der Waals surface area contributed by atoms with Crippen molar-refractivity contribution in [2.24, 2.45) is 0 Å². The summed E-state index contributed by atoms with van der Waals surface area (Å²) in [6.45, 7) is 10.1. The van der Waals surface area contributed by atoms with E-state index in [0.29, 0.717) is 38.8 Å². The number of hydrogen-bond acceptors (Lipinski definition) is 5. The second-order valence-corrected chi connectivity index (χ2v) is 17.8. The Hall–Kier alpha value is -2.02. The fourth-order valence-corrected chi connectivity index (χ4v) is 8.89. The zero-order valence-electron chi connectivity index (χ0n) is 29.8. The molecule has 0 bridgehead atoms. The number of unbranched alkanes of at least 4 members (excludes halogenated alkanes) is 2. The van der Waals surface area contributed by atoms with Gasteiger partial charge in [-0.2, -0.15) is 21.4 Å². The van der Waals surface area contributed by atoms with Crippen molar-refractivity contribution in [2.45, 2.75) is 83.5 Å². The summed E-state index contributed by atoms with van der Waals surface area (Å²) in [7, 11) is -8.00. The van der Waals surface area contributed by atoms with Gasteiger partial charge in [-0.05, 0) is 81.2 Å². The smallest absolute Gasteiger partial charge is 0.344 e. The van der Waals surface area contributed by atoms with Crippen LogP contribution in [0, 0.1) is 0 Å². The molecule has 1 aliphatic carbocycles. The van der Waals surface area contributed by atoms with Crippen LogP contribution in [0.2, 0.25) is 0 Å². The van der Waals surface area contributed by atoms with Gasteiger partial charge in [-0.15, -0.1) is 0 Å². The Labute approximate surface area is 325 Å². The van der Waals surface area contributed by atoms with E-state index < -0.39 is 20.2 Å². The summed E-state index contributed by atoms with van der Waals surface area (Å²) in [5.74, 6) is -0.500. The molecule has 0 spiro atoms. The molecule has 264 valence electrons. The standard InChI is InChI=1S/C38H47ClN2O6S2.Na/c1-37(2)30-16-5-7-18-32(30)40(24-9-11-26-48(42,43)44)34(37)22-20-28-14-13-15-29(36(28)39)21-23-35-38(3,4)31-17-6-8-19-33(31)41(35)25-10-12-27-49(45,46)47;/h5-8,16-23H,9-15,24-27H2,1-4H3,(H-,42,43,44,45,46,47);/q;+1/p+1. The minimum Gasteiger partial charge on any atom is -0.344 e. The third-order valence-corrected chi connectivity index (χ3v) is 12.1. The summed E-state index contributed by atoms with van der Waals surface area (Å²) >= 11 is 7.14. The number of anilines is 1. The molecular weight excluding hydrogens is 703 g/mol. The average molecular weight is 751 g/mol. The van der Waals surface area contributed by atoms with Gasteiger partial charge in [0.15, 0.2) is 5.71 Å². The van der Waals surface area contributed by atoms with E-state index >= 15 is 0 Å².